The lowest BCUT2D eigenvalue weighted by Crippen LogP contribution is -2.29. The molecule has 0 fully saturated rings. The molecule has 460 valence electrons. The minimum Gasteiger partial charge on any atom is -0.462 e. The summed E-state index contributed by atoms with van der Waals surface area (Å²) in [6.07, 6.45) is 93.5. The number of esters is 2. The molecule has 0 spiro atoms. The van der Waals surface area contributed by atoms with Crippen molar-refractivity contribution in [2.75, 3.05) is 26.4 Å². The molecule has 0 rings (SSSR count). The van der Waals surface area contributed by atoms with E-state index in [0.717, 1.165) is 103 Å². The number of phosphoric acid groups is 1. The van der Waals surface area contributed by atoms with Crippen LogP contribution in [0.2, 0.25) is 0 Å². The Morgan fingerprint density at radius 2 is 0.679 bits per heavy atom. The van der Waals surface area contributed by atoms with Gasteiger partial charge in [-0.2, -0.15) is 0 Å². The highest BCUT2D eigenvalue weighted by Gasteiger charge is 2.26. The lowest BCUT2D eigenvalue weighted by Gasteiger charge is -2.19. The van der Waals surface area contributed by atoms with Gasteiger partial charge >= 0.3 is 19.8 Å². The number of nitrogens with two attached hydrogens (primary N) is 1. The van der Waals surface area contributed by atoms with Crippen LogP contribution in [-0.2, 0) is 32.7 Å². The summed E-state index contributed by atoms with van der Waals surface area (Å²) in [7, 11) is -4.41. The van der Waals surface area contributed by atoms with Crippen molar-refractivity contribution in [2.24, 2.45) is 5.73 Å². The molecule has 0 radical (unpaired) electrons. The molecule has 10 heteroatoms. The Morgan fingerprint density at radius 1 is 0.383 bits per heavy atom. The number of hydrogen-bond acceptors (Lipinski definition) is 8. The van der Waals surface area contributed by atoms with Crippen LogP contribution in [0.25, 0.3) is 0 Å². The van der Waals surface area contributed by atoms with E-state index in [0.29, 0.717) is 6.42 Å². The highest BCUT2D eigenvalue weighted by atomic mass is 31.2. The van der Waals surface area contributed by atoms with E-state index in [1.165, 1.54) is 122 Å². The van der Waals surface area contributed by atoms with Gasteiger partial charge in [-0.05, 0) is 122 Å². The molecule has 2 unspecified atom stereocenters. The van der Waals surface area contributed by atoms with Gasteiger partial charge in [0.2, 0.25) is 0 Å². The number of ether oxygens (including phenoxy) is 2. The van der Waals surface area contributed by atoms with Crippen LogP contribution < -0.4 is 5.73 Å². The molecule has 3 N–H and O–H groups in total. The monoisotopic (exact) mass is 1140 g/mol. The van der Waals surface area contributed by atoms with E-state index in [4.69, 9.17) is 24.3 Å². The maximum absolute atomic E-state index is 12.7. The van der Waals surface area contributed by atoms with Gasteiger partial charge in [-0.1, -0.05) is 269 Å². The fourth-order valence-electron chi connectivity index (χ4n) is 8.46. The summed E-state index contributed by atoms with van der Waals surface area (Å²) in [4.78, 5) is 35.3. The maximum atomic E-state index is 12.7. The predicted octanol–water partition coefficient (Wildman–Crippen LogP) is 21.1. The fourth-order valence-corrected chi connectivity index (χ4v) is 9.22. The van der Waals surface area contributed by atoms with Crippen molar-refractivity contribution in [1.29, 1.82) is 0 Å². The summed E-state index contributed by atoms with van der Waals surface area (Å²) in [5.74, 6) is -0.884. The van der Waals surface area contributed by atoms with E-state index in [9.17, 15) is 19.0 Å². The average molecular weight is 1140 g/mol. The lowest BCUT2D eigenvalue weighted by molar-refractivity contribution is -0.161. The first kappa shape index (κ1) is 76.9. The number of phosphoric ester groups is 1. The third kappa shape index (κ3) is 64.9. The van der Waals surface area contributed by atoms with Gasteiger partial charge in [0.1, 0.15) is 6.61 Å². The Balaban J connectivity index is 4.07. The number of rotatable bonds is 59. The molecular weight excluding hydrogens is 1030 g/mol. The van der Waals surface area contributed by atoms with Crippen LogP contribution in [0.5, 0.6) is 0 Å². The van der Waals surface area contributed by atoms with Gasteiger partial charge in [0.05, 0.1) is 13.2 Å². The topological polar surface area (TPSA) is 134 Å². The molecule has 9 nitrogen and oxygen atoms in total. The number of carbonyl (C=O) groups excluding carboxylic acids is 2. The summed E-state index contributed by atoms with van der Waals surface area (Å²) < 4.78 is 33.1. The normalized spacial score (nSPS) is 14.0. The van der Waals surface area contributed by atoms with Gasteiger partial charge in [-0.25, -0.2) is 4.57 Å². The Kier molecular flexibility index (Phi) is 61.7. The molecule has 0 aliphatic rings. The van der Waals surface area contributed by atoms with Crippen LogP contribution in [0.4, 0.5) is 0 Å². The first-order valence-corrected chi connectivity index (χ1v) is 33.8. The van der Waals surface area contributed by atoms with Crippen LogP contribution in [-0.4, -0.2) is 49.3 Å². The molecule has 0 aromatic rings. The van der Waals surface area contributed by atoms with E-state index in [2.05, 4.69) is 160 Å². The van der Waals surface area contributed by atoms with E-state index in [1.807, 2.05) is 0 Å². The van der Waals surface area contributed by atoms with Crippen LogP contribution in [0.3, 0.4) is 0 Å². The van der Waals surface area contributed by atoms with Gasteiger partial charge in [-0.3, -0.25) is 18.6 Å². The van der Waals surface area contributed by atoms with Gasteiger partial charge in [0, 0.05) is 19.4 Å². The van der Waals surface area contributed by atoms with Crippen LogP contribution in [0, 0.1) is 0 Å². The molecule has 0 saturated carbocycles. The first-order valence-electron chi connectivity index (χ1n) is 32.3. The zero-order valence-electron chi connectivity index (χ0n) is 51.5. The molecule has 0 heterocycles. The quantitative estimate of drug-likeness (QED) is 0.0264. The smallest absolute Gasteiger partial charge is 0.462 e. The number of carbonyl (C=O) groups is 2. The van der Waals surface area contributed by atoms with E-state index in [1.54, 1.807) is 0 Å². The average Bonchev–Trinajstić information content (AvgIpc) is 3.46. The summed E-state index contributed by atoms with van der Waals surface area (Å²) in [6.45, 7) is 3.57. The van der Waals surface area contributed by atoms with Crippen molar-refractivity contribution in [2.45, 2.75) is 264 Å². The minimum atomic E-state index is -4.41. The SMILES string of the molecule is CC/C=C\C/C=C\C/C=C\C/C=C\C/C=C\C/C=C\C/C=C\C/C=C\C/C=C\C/C=C\CCCCC(=O)OC(COC(=O)CCCCCCCCCCCCCCCCC/C=C\C/C=C\CCCCCCC)COP(=O)(O)OCCN. The Labute approximate surface area is 496 Å². The lowest BCUT2D eigenvalue weighted by atomic mass is 10.0. The maximum Gasteiger partial charge on any atom is 0.472 e. The van der Waals surface area contributed by atoms with Gasteiger partial charge in [-0.15, -0.1) is 0 Å². The third-order valence-corrected chi connectivity index (χ3v) is 14.2. The molecule has 0 bridgehead atoms. The van der Waals surface area contributed by atoms with E-state index in [-0.39, 0.29) is 32.6 Å². The Morgan fingerprint density at radius 3 is 1.04 bits per heavy atom. The first-order chi connectivity index (χ1) is 39.8. The van der Waals surface area contributed by atoms with Crippen LogP contribution in [0.1, 0.15) is 258 Å². The number of hydrogen-bond donors (Lipinski definition) is 2. The second-order valence-corrected chi connectivity index (χ2v) is 22.3. The second kappa shape index (κ2) is 65.0. The molecule has 0 aromatic heterocycles. The number of allylic oxidation sites excluding steroid dienone is 24. The highest BCUT2D eigenvalue weighted by molar-refractivity contribution is 7.47. The minimum absolute atomic E-state index is 0.0388. The number of unbranched alkanes of at least 4 members (excludes halogenated alkanes) is 22. The molecule has 0 amide bonds. The van der Waals surface area contributed by atoms with Crippen molar-refractivity contribution in [3.8, 4) is 0 Å². The van der Waals surface area contributed by atoms with Crippen molar-refractivity contribution in [3.05, 3.63) is 146 Å². The molecule has 2 atom stereocenters. The Bertz CT molecular complexity index is 1830. The largest absolute Gasteiger partial charge is 0.472 e. The van der Waals surface area contributed by atoms with E-state index >= 15 is 0 Å². The molecule has 81 heavy (non-hydrogen) atoms. The van der Waals surface area contributed by atoms with Crippen molar-refractivity contribution < 1.29 is 37.6 Å². The molecule has 0 aliphatic carbocycles. The molecule has 0 saturated heterocycles. The van der Waals surface area contributed by atoms with Gasteiger partial charge < -0.3 is 20.1 Å². The van der Waals surface area contributed by atoms with Crippen molar-refractivity contribution >= 4 is 19.8 Å². The van der Waals surface area contributed by atoms with Crippen molar-refractivity contribution in [3.63, 3.8) is 0 Å². The summed E-state index contributed by atoms with van der Waals surface area (Å²) in [5.41, 5.74) is 5.39. The molecule has 0 aliphatic heterocycles. The Hall–Kier alpha value is -4.11. The summed E-state index contributed by atoms with van der Waals surface area (Å²) in [5, 5.41) is 0. The standard InChI is InChI=1S/C71H118NO8P/c1-3-5-7-9-11-13-15-17-19-21-23-25-27-29-31-32-33-34-35-36-38-40-42-44-46-48-50-52-54-56-58-60-62-64-71(74)80-69(68-79-81(75,76)78-66-65-72)67-77-70(73)63-61-59-57-55-53-51-49-47-45-43-41-39-37-30-28-26-24-22-20-18-16-14-12-10-8-6-4-2/h5,7,11,13,16-19,22-25,29,31,33-34,36,38,42,44,48,50,54,56,69H,3-4,6,8-10,12,14-15,20-21,26-28,30,32,35,37,39-41,43,45-47,49,51-53,55,57-68,72H2,1-2H3,(H,75,76)/b7-5-,13-11-,18-16-,19-17-,24-22-,25-23-,31-29-,34-33-,38-36-,44-42-,50-48-,56-54-. The second-order valence-electron chi connectivity index (χ2n) is 20.9. The fraction of sp³-hybridized carbons (Fsp3) is 0.634. The predicted molar refractivity (Wildman–Crippen MR) is 348 cm³/mol. The van der Waals surface area contributed by atoms with Crippen LogP contribution >= 0.6 is 7.82 Å². The van der Waals surface area contributed by atoms with E-state index < -0.39 is 32.5 Å². The summed E-state index contributed by atoms with van der Waals surface area (Å²) in [6, 6.07) is 0. The zero-order chi connectivity index (χ0) is 58.7. The van der Waals surface area contributed by atoms with Crippen LogP contribution in [0.15, 0.2) is 146 Å². The van der Waals surface area contributed by atoms with Crippen molar-refractivity contribution in [1.82, 2.24) is 0 Å². The molecule has 0 aromatic carbocycles. The highest BCUT2D eigenvalue weighted by Crippen LogP contribution is 2.43. The van der Waals surface area contributed by atoms with Gasteiger partial charge in [0.15, 0.2) is 6.10 Å². The third-order valence-electron chi connectivity index (χ3n) is 13.2. The van der Waals surface area contributed by atoms with Gasteiger partial charge in [0.25, 0.3) is 0 Å². The molecular formula is C71H118NO8P. The summed E-state index contributed by atoms with van der Waals surface area (Å²) >= 11 is 0. The zero-order valence-corrected chi connectivity index (χ0v) is 52.4.